The molecule has 1 saturated heterocycles. The molecule has 0 spiro atoms. The summed E-state index contributed by atoms with van der Waals surface area (Å²) in [5.41, 5.74) is 0.849. The lowest BCUT2D eigenvalue weighted by Gasteiger charge is -2.40. The van der Waals surface area contributed by atoms with Gasteiger partial charge in [0, 0.05) is 31.9 Å². The quantitative estimate of drug-likeness (QED) is 0.837. The lowest BCUT2D eigenvalue weighted by atomic mass is 9.95. The second-order valence-corrected chi connectivity index (χ2v) is 8.60. The summed E-state index contributed by atoms with van der Waals surface area (Å²) in [6.07, 6.45) is 4.63. The van der Waals surface area contributed by atoms with Crippen LogP contribution in [0.5, 0.6) is 0 Å². The molecule has 0 radical (unpaired) electrons. The monoisotopic (exact) mass is 397 g/mol. The molecule has 0 bridgehead atoms. The molecule has 2 heterocycles. The first kappa shape index (κ1) is 19.2. The maximum absolute atomic E-state index is 13.2. The van der Waals surface area contributed by atoms with Crippen LogP contribution < -0.4 is 5.32 Å². The van der Waals surface area contributed by atoms with Crippen molar-refractivity contribution in [3.8, 4) is 0 Å². The molecule has 6 heteroatoms. The number of hydrogen-bond donors (Lipinski definition) is 1. The van der Waals surface area contributed by atoms with Crippen molar-refractivity contribution in [3.05, 3.63) is 52.7 Å². The SMILES string of the molecule is O=C(Nc1ccccc1)C(C1CCCC1)N1CCN(C(=O)c2cccs2)CC1. The van der Waals surface area contributed by atoms with Crippen molar-refractivity contribution in [1.82, 2.24) is 9.80 Å². The number of rotatable bonds is 5. The third-order valence-electron chi connectivity index (χ3n) is 5.88. The number of amides is 2. The summed E-state index contributed by atoms with van der Waals surface area (Å²) in [6, 6.07) is 13.4. The summed E-state index contributed by atoms with van der Waals surface area (Å²) >= 11 is 1.49. The Labute approximate surface area is 170 Å². The molecular weight excluding hydrogens is 370 g/mol. The van der Waals surface area contributed by atoms with Gasteiger partial charge < -0.3 is 10.2 Å². The Kier molecular flexibility index (Phi) is 6.07. The zero-order chi connectivity index (χ0) is 19.3. The smallest absolute Gasteiger partial charge is 0.264 e. The van der Waals surface area contributed by atoms with Crippen LogP contribution in [0.15, 0.2) is 47.8 Å². The van der Waals surface area contributed by atoms with Crippen LogP contribution in [0, 0.1) is 5.92 Å². The van der Waals surface area contributed by atoms with Gasteiger partial charge in [-0.1, -0.05) is 37.1 Å². The van der Waals surface area contributed by atoms with E-state index in [1.807, 2.05) is 52.7 Å². The van der Waals surface area contributed by atoms with Gasteiger partial charge in [0.1, 0.15) is 0 Å². The largest absolute Gasteiger partial charge is 0.335 e. The fourth-order valence-corrected chi connectivity index (χ4v) is 5.14. The summed E-state index contributed by atoms with van der Waals surface area (Å²) in [4.78, 5) is 30.8. The van der Waals surface area contributed by atoms with Crippen LogP contribution in [0.4, 0.5) is 5.69 Å². The highest BCUT2D eigenvalue weighted by Crippen LogP contribution is 2.31. The van der Waals surface area contributed by atoms with E-state index in [9.17, 15) is 9.59 Å². The van der Waals surface area contributed by atoms with Crippen LogP contribution in [0.2, 0.25) is 0 Å². The van der Waals surface area contributed by atoms with E-state index < -0.39 is 0 Å². The Bertz CT molecular complexity index is 779. The molecule has 2 aliphatic rings. The number of para-hydroxylation sites is 1. The van der Waals surface area contributed by atoms with E-state index in [0.29, 0.717) is 19.0 Å². The predicted octanol–water partition coefficient (Wildman–Crippen LogP) is 3.70. The molecule has 1 aliphatic carbocycles. The Morgan fingerprint density at radius 2 is 1.68 bits per heavy atom. The van der Waals surface area contributed by atoms with E-state index in [4.69, 9.17) is 0 Å². The minimum absolute atomic E-state index is 0.0936. The molecule has 2 fully saturated rings. The van der Waals surface area contributed by atoms with Gasteiger partial charge in [0.05, 0.1) is 10.9 Å². The van der Waals surface area contributed by atoms with Gasteiger partial charge in [-0.3, -0.25) is 14.5 Å². The molecular formula is C22H27N3O2S. The van der Waals surface area contributed by atoms with Crippen LogP contribution >= 0.6 is 11.3 Å². The van der Waals surface area contributed by atoms with E-state index >= 15 is 0 Å². The topological polar surface area (TPSA) is 52.7 Å². The fraction of sp³-hybridized carbons (Fsp3) is 0.455. The molecule has 2 amide bonds. The molecule has 148 valence electrons. The number of hydrogen-bond acceptors (Lipinski definition) is 4. The zero-order valence-electron chi connectivity index (χ0n) is 16.0. The highest BCUT2D eigenvalue weighted by molar-refractivity contribution is 7.12. The fourth-order valence-electron chi connectivity index (χ4n) is 4.45. The number of nitrogens with one attached hydrogen (secondary N) is 1. The molecule has 2 aromatic rings. The van der Waals surface area contributed by atoms with E-state index in [1.165, 1.54) is 24.2 Å². The van der Waals surface area contributed by atoms with E-state index in [0.717, 1.165) is 36.5 Å². The van der Waals surface area contributed by atoms with Gasteiger partial charge in [0.25, 0.3) is 5.91 Å². The molecule has 4 rings (SSSR count). The van der Waals surface area contributed by atoms with E-state index in [2.05, 4.69) is 10.2 Å². The highest BCUT2D eigenvalue weighted by atomic mass is 32.1. The number of nitrogens with zero attached hydrogens (tertiary/aromatic N) is 2. The normalized spacial score (nSPS) is 19.5. The number of thiophene rings is 1. The van der Waals surface area contributed by atoms with Gasteiger partial charge in [0.15, 0.2) is 0 Å². The van der Waals surface area contributed by atoms with Crippen LogP contribution in [0.1, 0.15) is 35.4 Å². The average Bonchev–Trinajstić information content (AvgIpc) is 3.43. The molecule has 1 unspecified atom stereocenters. The van der Waals surface area contributed by atoms with E-state index in [1.54, 1.807) is 0 Å². The lowest BCUT2D eigenvalue weighted by Crippen LogP contribution is -2.56. The summed E-state index contributed by atoms with van der Waals surface area (Å²) in [7, 11) is 0. The maximum Gasteiger partial charge on any atom is 0.264 e. The summed E-state index contributed by atoms with van der Waals surface area (Å²) in [5, 5.41) is 5.05. The molecule has 1 atom stereocenters. The van der Waals surface area contributed by atoms with Crippen molar-refractivity contribution < 1.29 is 9.59 Å². The second-order valence-electron chi connectivity index (χ2n) is 7.65. The molecule has 1 aromatic heterocycles. The summed E-state index contributed by atoms with van der Waals surface area (Å²) in [6.45, 7) is 2.86. The maximum atomic E-state index is 13.2. The van der Waals surface area contributed by atoms with Crippen molar-refractivity contribution in [1.29, 1.82) is 0 Å². The van der Waals surface area contributed by atoms with Crippen LogP contribution in [0.3, 0.4) is 0 Å². The predicted molar refractivity (Wildman–Crippen MR) is 113 cm³/mol. The van der Waals surface area contributed by atoms with E-state index in [-0.39, 0.29) is 17.9 Å². The Morgan fingerprint density at radius 1 is 0.964 bits per heavy atom. The van der Waals surface area contributed by atoms with Gasteiger partial charge in [-0.25, -0.2) is 0 Å². The van der Waals surface area contributed by atoms with Gasteiger partial charge in [-0.05, 0) is 42.3 Å². The van der Waals surface area contributed by atoms with Crippen molar-refractivity contribution in [2.45, 2.75) is 31.7 Å². The number of benzene rings is 1. The van der Waals surface area contributed by atoms with Crippen molar-refractivity contribution in [3.63, 3.8) is 0 Å². The minimum Gasteiger partial charge on any atom is -0.335 e. The third kappa shape index (κ3) is 4.28. The average molecular weight is 398 g/mol. The van der Waals surface area contributed by atoms with Crippen LogP contribution in [0.25, 0.3) is 0 Å². The number of anilines is 1. The summed E-state index contributed by atoms with van der Waals surface area (Å²) in [5.74, 6) is 0.611. The Hall–Kier alpha value is -2.18. The molecule has 1 aromatic carbocycles. The van der Waals surface area contributed by atoms with Crippen LogP contribution in [-0.4, -0.2) is 53.8 Å². The number of carbonyl (C=O) groups excluding carboxylic acids is 2. The first-order valence-electron chi connectivity index (χ1n) is 10.1. The minimum atomic E-state index is -0.110. The standard InChI is InChI=1S/C22H27N3O2S/c26-21(23-18-9-2-1-3-10-18)20(17-7-4-5-8-17)24-12-14-25(15-13-24)22(27)19-11-6-16-28-19/h1-3,6,9-11,16-17,20H,4-5,7-8,12-15H2,(H,23,26). The Morgan fingerprint density at radius 3 is 2.32 bits per heavy atom. The first-order valence-corrected chi connectivity index (χ1v) is 11.0. The van der Waals surface area contributed by atoms with Crippen molar-refractivity contribution in [2.24, 2.45) is 5.92 Å². The Balaban J connectivity index is 1.42. The summed E-state index contributed by atoms with van der Waals surface area (Å²) < 4.78 is 0. The second kappa shape index (κ2) is 8.88. The van der Waals surface area contributed by atoms with Crippen molar-refractivity contribution >= 4 is 28.8 Å². The molecule has 1 aliphatic heterocycles. The molecule has 5 nitrogen and oxygen atoms in total. The van der Waals surface area contributed by atoms with Gasteiger partial charge >= 0.3 is 0 Å². The van der Waals surface area contributed by atoms with Crippen molar-refractivity contribution in [2.75, 3.05) is 31.5 Å². The van der Waals surface area contributed by atoms with Gasteiger partial charge in [-0.2, -0.15) is 0 Å². The lowest BCUT2D eigenvalue weighted by molar-refractivity contribution is -0.123. The van der Waals surface area contributed by atoms with Crippen LogP contribution in [-0.2, 0) is 4.79 Å². The number of piperazine rings is 1. The first-order chi connectivity index (χ1) is 13.7. The van der Waals surface area contributed by atoms with Gasteiger partial charge in [0.2, 0.25) is 5.91 Å². The molecule has 1 N–H and O–H groups in total. The molecule has 28 heavy (non-hydrogen) atoms. The molecule has 1 saturated carbocycles. The zero-order valence-corrected chi connectivity index (χ0v) is 16.9. The number of carbonyl (C=O) groups is 2. The third-order valence-corrected chi connectivity index (χ3v) is 6.74. The highest BCUT2D eigenvalue weighted by Gasteiger charge is 2.37. The van der Waals surface area contributed by atoms with Gasteiger partial charge in [-0.15, -0.1) is 11.3 Å².